The topological polar surface area (TPSA) is 18.5 Å². The lowest BCUT2D eigenvalue weighted by atomic mass is 10.1. The molecule has 2 heterocycles. The first-order valence-corrected chi connectivity index (χ1v) is 6.35. The van der Waals surface area contributed by atoms with Crippen LogP contribution in [-0.4, -0.2) is 62.7 Å². The smallest absolute Gasteiger partial charge is 0.0220 e. The van der Waals surface area contributed by atoms with Crippen LogP contribution in [0, 0.1) is 5.92 Å². The van der Waals surface area contributed by atoms with E-state index in [-0.39, 0.29) is 0 Å². The average Bonchev–Trinajstić information content (AvgIpc) is 2.79. The Balaban J connectivity index is 1.69. The minimum absolute atomic E-state index is 0.810. The molecule has 0 bridgehead atoms. The van der Waals surface area contributed by atoms with Gasteiger partial charge >= 0.3 is 0 Å². The molecule has 0 aromatic rings. The molecule has 2 aliphatic rings. The van der Waals surface area contributed by atoms with Crippen molar-refractivity contribution in [2.75, 3.05) is 46.8 Å². The van der Waals surface area contributed by atoms with E-state index in [9.17, 15) is 0 Å². The predicted octanol–water partition coefficient (Wildman–Crippen LogP) is 0.622. The van der Waals surface area contributed by atoms with Crippen molar-refractivity contribution in [1.29, 1.82) is 0 Å². The molecule has 1 N–H and O–H groups in total. The number of nitrogens with zero attached hydrogens (tertiary/aromatic N) is 2. The quantitative estimate of drug-likeness (QED) is 0.735. The standard InChI is InChI=1S/C12H25N3/c1-14(9-11-5-6-13-8-11)10-12-4-3-7-15(12)2/h11-13H,3-10H2,1-2H3. The summed E-state index contributed by atoms with van der Waals surface area (Å²) in [5.41, 5.74) is 0. The van der Waals surface area contributed by atoms with Crippen molar-refractivity contribution >= 4 is 0 Å². The van der Waals surface area contributed by atoms with E-state index in [2.05, 4.69) is 29.2 Å². The first-order valence-electron chi connectivity index (χ1n) is 6.35. The molecular formula is C12H25N3. The first kappa shape index (κ1) is 11.4. The van der Waals surface area contributed by atoms with E-state index in [1.54, 1.807) is 0 Å². The Morgan fingerprint density at radius 3 is 2.80 bits per heavy atom. The summed E-state index contributed by atoms with van der Waals surface area (Å²) in [4.78, 5) is 5.05. The number of hydrogen-bond acceptors (Lipinski definition) is 3. The van der Waals surface area contributed by atoms with E-state index in [0.29, 0.717) is 0 Å². The fourth-order valence-corrected chi connectivity index (χ4v) is 2.96. The maximum Gasteiger partial charge on any atom is 0.0220 e. The van der Waals surface area contributed by atoms with Gasteiger partial charge in [-0.05, 0) is 58.9 Å². The summed E-state index contributed by atoms with van der Waals surface area (Å²) in [7, 11) is 4.55. The zero-order valence-corrected chi connectivity index (χ0v) is 10.2. The van der Waals surface area contributed by atoms with Crippen LogP contribution in [0.3, 0.4) is 0 Å². The molecular weight excluding hydrogens is 186 g/mol. The van der Waals surface area contributed by atoms with Gasteiger partial charge in [-0.1, -0.05) is 0 Å². The molecule has 0 aromatic carbocycles. The number of likely N-dealkylation sites (N-methyl/N-ethyl adjacent to an activating group) is 2. The summed E-state index contributed by atoms with van der Waals surface area (Å²) in [5.74, 6) is 0.890. The summed E-state index contributed by atoms with van der Waals surface area (Å²) in [6.45, 7) is 6.28. The van der Waals surface area contributed by atoms with Crippen LogP contribution in [0.15, 0.2) is 0 Å². The first-order chi connectivity index (χ1) is 7.25. The van der Waals surface area contributed by atoms with Crippen LogP contribution in [0.1, 0.15) is 19.3 Å². The predicted molar refractivity (Wildman–Crippen MR) is 64.1 cm³/mol. The summed E-state index contributed by atoms with van der Waals surface area (Å²) in [5, 5.41) is 3.44. The number of likely N-dealkylation sites (tertiary alicyclic amines) is 1. The highest BCUT2D eigenvalue weighted by Gasteiger charge is 2.23. The minimum atomic E-state index is 0.810. The Bertz CT molecular complexity index is 189. The lowest BCUT2D eigenvalue weighted by Crippen LogP contribution is -2.38. The molecule has 0 amide bonds. The third kappa shape index (κ3) is 3.16. The fraction of sp³-hybridized carbons (Fsp3) is 1.00. The van der Waals surface area contributed by atoms with Crippen molar-refractivity contribution in [1.82, 2.24) is 15.1 Å². The molecule has 0 radical (unpaired) electrons. The summed E-state index contributed by atoms with van der Waals surface area (Å²) < 4.78 is 0. The van der Waals surface area contributed by atoms with E-state index in [0.717, 1.165) is 12.0 Å². The Kier molecular flexibility index (Phi) is 4.00. The molecule has 15 heavy (non-hydrogen) atoms. The second-order valence-corrected chi connectivity index (χ2v) is 5.36. The zero-order chi connectivity index (χ0) is 10.7. The molecule has 0 aromatic heterocycles. The maximum absolute atomic E-state index is 3.44. The van der Waals surface area contributed by atoms with Gasteiger partial charge in [0, 0.05) is 19.1 Å². The van der Waals surface area contributed by atoms with Crippen molar-refractivity contribution in [2.24, 2.45) is 5.92 Å². The van der Waals surface area contributed by atoms with Crippen LogP contribution in [-0.2, 0) is 0 Å². The van der Waals surface area contributed by atoms with E-state index >= 15 is 0 Å². The molecule has 3 nitrogen and oxygen atoms in total. The summed E-state index contributed by atoms with van der Waals surface area (Å²) in [6.07, 6.45) is 4.15. The molecule has 2 saturated heterocycles. The van der Waals surface area contributed by atoms with Crippen LogP contribution in [0.4, 0.5) is 0 Å². The van der Waals surface area contributed by atoms with Crippen molar-refractivity contribution in [3.63, 3.8) is 0 Å². The average molecular weight is 211 g/mol. The van der Waals surface area contributed by atoms with Crippen LogP contribution >= 0.6 is 0 Å². The van der Waals surface area contributed by atoms with Gasteiger partial charge in [0.25, 0.3) is 0 Å². The van der Waals surface area contributed by atoms with E-state index in [1.165, 1.54) is 52.0 Å². The highest BCUT2D eigenvalue weighted by Crippen LogP contribution is 2.16. The molecule has 2 fully saturated rings. The monoisotopic (exact) mass is 211 g/mol. The second-order valence-electron chi connectivity index (χ2n) is 5.36. The molecule has 88 valence electrons. The van der Waals surface area contributed by atoms with Crippen LogP contribution in [0.2, 0.25) is 0 Å². The SMILES string of the molecule is CN(CC1CCNC1)CC1CCCN1C. The Morgan fingerprint density at radius 1 is 1.33 bits per heavy atom. The third-order valence-electron chi connectivity index (χ3n) is 3.93. The third-order valence-corrected chi connectivity index (χ3v) is 3.93. The van der Waals surface area contributed by atoms with Crippen molar-refractivity contribution in [3.05, 3.63) is 0 Å². The molecule has 2 atom stereocenters. The highest BCUT2D eigenvalue weighted by atomic mass is 15.2. The second kappa shape index (κ2) is 5.28. The van der Waals surface area contributed by atoms with Crippen LogP contribution < -0.4 is 5.32 Å². The largest absolute Gasteiger partial charge is 0.316 e. The fourth-order valence-electron chi connectivity index (χ4n) is 2.96. The molecule has 0 saturated carbocycles. The van der Waals surface area contributed by atoms with Crippen molar-refractivity contribution < 1.29 is 0 Å². The molecule has 0 spiro atoms. The van der Waals surface area contributed by atoms with Gasteiger partial charge in [-0.3, -0.25) is 0 Å². The van der Waals surface area contributed by atoms with E-state index in [4.69, 9.17) is 0 Å². The van der Waals surface area contributed by atoms with E-state index in [1.807, 2.05) is 0 Å². The summed E-state index contributed by atoms with van der Waals surface area (Å²) >= 11 is 0. The number of nitrogens with one attached hydrogen (secondary N) is 1. The lowest BCUT2D eigenvalue weighted by Gasteiger charge is -2.27. The van der Waals surface area contributed by atoms with Gasteiger partial charge in [0.2, 0.25) is 0 Å². The van der Waals surface area contributed by atoms with Gasteiger partial charge in [0.15, 0.2) is 0 Å². The van der Waals surface area contributed by atoms with Gasteiger partial charge in [0.05, 0.1) is 0 Å². The van der Waals surface area contributed by atoms with Crippen LogP contribution in [0.25, 0.3) is 0 Å². The van der Waals surface area contributed by atoms with Crippen molar-refractivity contribution in [2.45, 2.75) is 25.3 Å². The highest BCUT2D eigenvalue weighted by molar-refractivity contribution is 4.80. The summed E-state index contributed by atoms with van der Waals surface area (Å²) in [6, 6.07) is 0.810. The zero-order valence-electron chi connectivity index (χ0n) is 10.2. The normalized spacial score (nSPS) is 33.0. The maximum atomic E-state index is 3.44. The lowest BCUT2D eigenvalue weighted by molar-refractivity contribution is 0.203. The Morgan fingerprint density at radius 2 is 2.20 bits per heavy atom. The molecule has 2 unspecified atom stereocenters. The molecule has 2 rings (SSSR count). The van der Waals surface area contributed by atoms with E-state index < -0.39 is 0 Å². The van der Waals surface area contributed by atoms with Crippen LogP contribution in [0.5, 0.6) is 0 Å². The number of rotatable bonds is 4. The molecule has 2 aliphatic heterocycles. The Labute approximate surface area is 93.8 Å². The minimum Gasteiger partial charge on any atom is -0.316 e. The van der Waals surface area contributed by atoms with Gasteiger partial charge in [-0.15, -0.1) is 0 Å². The molecule has 3 heteroatoms. The Hall–Kier alpha value is -0.120. The van der Waals surface area contributed by atoms with Crippen molar-refractivity contribution in [3.8, 4) is 0 Å². The van der Waals surface area contributed by atoms with Gasteiger partial charge in [-0.2, -0.15) is 0 Å². The number of hydrogen-bond donors (Lipinski definition) is 1. The van der Waals surface area contributed by atoms with Gasteiger partial charge in [-0.25, -0.2) is 0 Å². The van der Waals surface area contributed by atoms with Gasteiger partial charge < -0.3 is 15.1 Å². The molecule has 0 aliphatic carbocycles. The van der Waals surface area contributed by atoms with Gasteiger partial charge in [0.1, 0.15) is 0 Å².